The van der Waals surface area contributed by atoms with E-state index in [2.05, 4.69) is 43.5 Å². The molecule has 0 radical (unpaired) electrons. The van der Waals surface area contributed by atoms with Crippen LogP contribution in [-0.2, 0) is 5.41 Å². The zero-order chi connectivity index (χ0) is 27.3. The molecule has 2 aromatic heterocycles. The van der Waals surface area contributed by atoms with Gasteiger partial charge in [0.1, 0.15) is 17.3 Å². The molecule has 6 heteroatoms. The summed E-state index contributed by atoms with van der Waals surface area (Å²) in [4.78, 5) is 4.77. The zero-order valence-corrected chi connectivity index (χ0v) is 22.8. The van der Waals surface area contributed by atoms with Crippen molar-refractivity contribution >= 4 is 44.8 Å². The molecule has 5 nitrogen and oxygen atoms in total. The summed E-state index contributed by atoms with van der Waals surface area (Å²) in [6, 6.07) is 29.8. The number of hydrogen-bond donors (Lipinski definition) is 2. The van der Waals surface area contributed by atoms with Gasteiger partial charge in [-0.3, -0.25) is 4.57 Å². The third-order valence-corrected chi connectivity index (χ3v) is 7.32. The van der Waals surface area contributed by atoms with Gasteiger partial charge in [-0.1, -0.05) is 62.7 Å². The Labute approximate surface area is 232 Å². The van der Waals surface area contributed by atoms with Crippen LogP contribution in [0.15, 0.2) is 97.2 Å². The first-order valence-electron chi connectivity index (χ1n) is 12.8. The van der Waals surface area contributed by atoms with E-state index < -0.39 is 0 Å². The Hall–Kier alpha value is -4.48. The van der Waals surface area contributed by atoms with Crippen molar-refractivity contribution in [3.8, 4) is 28.4 Å². The SMILES string of the molecule is CC(C)(C)c1ccnc(-n2c3ccc(Cl)cc3c3ccc(Oc4ccccc4-c4cccc(N)c4N)cc32)c1. The maximum absolute atomic E-state index is 6.50. The second kappa shape index (κ2) is 9.37. The molecule has 6 aromatic rings. The number of pyridine rings is 1. The van der Waals surface area contributed by atoms with Crippen LogP contribution in [0.25, 0.3) is 38.8 Å². The minimum absolute atomic E-state index is 0.0135. The third kappa shape index (κ3) is 4.45. The van der Waals surface area contributed by atoms with Gasteiger partial charge >= 0.3 is 0 Å². The van der Waals surface area contributed by atoms with Crippen LogP contribution >= 0.6 is 11.6 Å². The summed E-state index contributed by atoms with van der Waals surface area (Å²) in [7, 11) is 0. The van der Waals surface area contributed by atoms with E-state index in [0.29, 0.717) is 27.9 Å². The van der Waals surface area contributed by atoms with Crippen LogP contribution in [0, 0.1) is 0 Å². The molecule has 194 valence electrons. The number of para-hydroxylation sites is 2. The number of aromatic nitrogens is 2. The number of nitrogens with two attached hydrogens (primary N) is 2. The fourth-order valence-electron chi connectivity index (χ4n) is 5.01. The highest BCUT2D eigenvalue weighted by Crippen LogP contribution is 2.40. The van der Waals surface area contributed by atoms with E-state index in [1.165, 1.54) is 5.56 Å². The second-order valence-electron chi connectivity index (χ2n) is 10.7. The first-order valence-corrected chi connectivity index (χ1v) is 13.2. The number of nitrogens with zero attached hydrogens (tertiary/aromatic N) is 2. The van der Waals surface area contributed by atoms with Crippen LogP contribution in [0.3, 0.4) is 0 Å². The molecule has 4 N–H and O–H groups in total. The number of hydrogen-bond acceptors (Lipinski definition) is 4. The molecule has 2 heterocycles. The van der Waals surface area contributed by atoms with Crippen molar-refractivity contribution in [2.75, 3.05) is 11.5 Å². The standard InChI is InChI=1S/C33H29ClN4O/c1-33(2,3)20-15-16-37-31(17-20)38-28-14-11-21(34)18-26(28)23-13-12-22(19-29(23)38)39-30-10-5-4-7-24(30)25-8-6-9-27(35)32(25)36/h4-19H,35-36H2,1-3H3. The summed E-state index contributed by atoms with van der Waals surface area (Å²) >= 11 is 6.43. The maximum Gasteiger partial charge on any atom is 0.137 e. The lowest BCUT2D eigenvalue weighted by Gasteiger charge is -2.20. The summed E-state index contributed by atoms with van der Waals surface area (Å²) in [5.74, 6) is 2.22. The molecule has 0 saturated carbocycles. The van der Waals surface area contributed by atoms with Crippen molar-refractivity contribution in [3.63, 3.8) is 0 Å². The maximum atomic E-state index is 6.50. The lowest BCUT2D eigenvalue weighted by molar-refractivity contribution is 0.485. The van der Waals surface area contributed by atoms with Crippen LogP contribution in [-0.4, -0.2) is 9.55 Å². The Kier molecular flexibility index (Phi) is 5.96. The summed E-state index contributed by atoms with van der Waals surface area (Å²) in [6.07, 6.45) is 1.87. The van der Waals surface area contributed by atoms with Crippen LogP contribution < -0.4 is 16.2 Å². The molecule has 0 aliphatic heterocycles. The van der Waals surface area contributed by atoms with Crippen LogP contribution in [0.1, 0.15) is 26.3 Å². The molecule has 0 fully saturated rings. The third-order valence-electron chi connectivity index (χ3n) is 7.09. The molecule has 4 aromatic carbocycles. The van der Waals surface area contributed by atoms with Gasteiger partial charge < -0.3 is 16.2 Å². The van der Waals surface area contributed by atoms with E-state index >= 15 is 0 Å². The van der Waals surface area contributed by atoms with E-state index in [1.54, 1.807) is 6.07 Å². The Morgan fingerprint density at radius 1 is 0.769 bits per heavy atom. The highest BCUT2D eigenvalue weighted by Gasteiger charge is 2.19. The van der Waals surface area contributed by atoms with Gasteiger partial charge in [0.2, 0.25) is 0 Å². The van der Waals surface area contributed by atoms with Crippen molar-refractivity contribution < 1.29 is 4.74 Å². The fourth-order valence-corrected chi connectivity index (χ4v) is 5.19. The van der Waals surface area contributed by atoms with E-state index in [1.807, 2.05) is 72.9 Å². The Morgan fingerprint density at radius 3 is 2.38 bits per heavy atom. The highest BCUT2D eigenvalue weighted by atomic mass is 35.5. The molecule has 6 rings (SSSR count). The zero-order valence-electron chi connectivity index (χ0n) is 22.1. The number of halogens is 1. The summed E-state index contributed by atoms with van der Waals surface area (Å²) in [5.41, 5.74) is 18.4. The van der Waals surface area contributed by atoms with E-state index in [9.17, 15) is 0 Å². The van der Waals surface area contributed by atoms with Gasteiger partial charge in [-0.2, -0.15) is 0 Å². The largest absolute Gasteiger partial charge is 0.457 e. The van der Waals surface area contributed by atoms with Gasteiger partial charge in [0.15, 0.2) is 0 Å². The number of ether oxygens (including phenoxy) is 1. The first-order chi connectivity index (χ1) is 18.7. The lowest BCUT2D eigenvalue weighted by Crippen LogP contribution is -2.12. The van der Waals surface area contributed by atoms with E-state index in [-0.39, 0.29) is 5.41 Å². The predicted octanol–water partition coefficient (Wildman–Crippen LogP) is 8.75. The van der Waals surface area contributed by atoms with Gasteiger partial charge in [0.25, 0.3) is 0 Å². The van der Waals surface area contributed by atoms with Crippen LogP contribution in [0.2, 0.25) is 5.02 Å². The van der Waals surface area contributed by atoms with Crippen molar-refractivity contribution in [1.82, 2.24) is 9.55 Å². The molecular formula is C33H29ClN4O. The second-order valence-corrected chi connectivity index (χ2v) is 11.2. The number of nitrogen functional groups attached to an aromatic ring is 2. The smallest absolute Gasteiger partial charge is 0.137 e. The molecule has 39 heavy (non-hydrogen) atoms. The van der Waals surface area contributed by atoms with Crippen LogP contribution in [0.5, 0.6) is 11.5 Å². The van der Waals surface area contributed by atoms with Crippen molar-refractivity contribution in [1.29, 1.82) is 0 Å². The highest BCUT2D eigenvalue weighted by molar-refractivity contribution is 6.32. The molecule has 0 aliphatic carbocycles. The lowest BCUT2D eigenvalue weighted by atomic mass is 9.88. The average molecular weight is 533 g/mol. The van der Waals surface area contributed by atoms with Crippen molar-refractivity contribution in [2.24, 2.45) is 0 Å². The molecule has 0 amide bonds. The Morgan fingerprint density at radius 2 is 1.56 bits per heavy atom. The topological polar surface area (TPSA) is 79.1 Å². The van der Waals surface area contributed by atoms with Crippen molar-refractivity contribution in [3.05, 3.63) is 108 Å². The van der Waals surface area contributed by atoms with Gasteiger partial charge in [0.05, 0.1) is 22.4 Å². The molecule has 0 unspecified atom stereocenters. The summed E-state index contributed by atoms with van der Waals surface area (Å²) < 4.78 is 8.67. The summed E-state index contributed by atoms with van der Waals surface area (Å²) in [5, 5.41) is 2.81. The average Bonchev–Trinajstić information content (AvgIpc) is 3.23. The van der Waals surface area contributed by atoms with Gasteiger partial charge in [-0.15, -0.1) is 0 Å². The normalized spacial score (nSPS) is 11.8. The van der Waals surface area contributed by atoms with Gasteiger partial charge in [0, 0.05) is 39.2 Å². The monoisotopic (exact) mass is 532 g/mol. The summed E-state index contributed by atoms with van der Waals surface area (Å²) in [6.45, 7) is 6.61. The Balaban J connectivity index is 1.53. The van der Waals surface area contributed by atoms with Gasteiger partial charge in [-0.25, -0.2) is 4.98 Å². The molecular weight excluding hydrogens is 504 g/mol. The predicted molar refractivity (Wildman–Crippen MR) is 163 cm³/mol. The minimum atomic E-state index is -0.0135. The fraction of sp³-hybridized carbons (Fsp3) is 0.121. The molecule has 0 saturated heterocycles. The minimum Gasteiger partial charge on any atom is -0.457 e. The van der Waals surface area contributed by atoms with Crippen molar-refractivity contribution in [2.45, 2.75) is 26.2 Å². The number of rotatable bonds is 4. The van der Waals surface area contributed by atoms with E-state index in [4.69, 9.17) is 32.8 Å². The first kappa shape index (κ1) is 24.8. The number of benzene rings is 4. The quantitative estimate of drug-likeness (QED) is 0.222. The van der Waals surface area contributed by atoms with Gasteiger partial charge in [-0.05, 0) is 65.6 Å². The molecule has 0 spiro atoms. The Bertz CT molecular complexity index is 1870. The van der Waals surface area contributed by atoms with E-state index in [0.717, 1.165) is 38.8 Å². The number of fused-ring (bicyclic) bond motifs is 3. The number of anilines is 2. The molecule has 0 aliphatic rings. The van der Waals surface area contributed by atoms with Crippen LogP contribution in [0.4, 0.5) is 11.4 Å². The molecule has 0 bridgehead atoms. The molecule has 0 atom stereocenters.